The van der Waals surface area contributed by atoms with Crippen LogP contribution < -0.4 is 10.7 Å². The highest BCUT2D eigenvalue weighted by Gasteiger charge is 2.25. The van der Waals surface area contributed by atoms with Gasteiger partial charge >= 0.3 is 5.97 Å². The maximum Gasteiger partial charge on any atom is 0.331 e. The molecule has 1 saturated heterocycles. The number of ether oxygens (including phenoxy) is 1. The predicted octanol–water partition coefficient (Wildman–Crippen LogP) is 1.91. The molecular formula is C13H9Cl2N3O4S. The maximum atomic E-state index is 12.0. The van der Waals surface area contributed by atoms with Crippen LogP contribution in [0.3, 0.4) is 0 Å². The number of nitrogens with zero attached hydrogens (tertiary/aromatic N) is 1. The zero-order valence-electron chi connectivity index (χ0n) is 11.6. The van der Waals surface area contributed by atoms with Gasteiger partial charge in [0.2, 0.25) is 0 Å². The molecule has 0 radical (unpaired) electrons. The quantitative estimate of drug-likeness (QED) is 0.479. The zero-order chi connectivity index (χ0) is 17.0. The first-order valence-electron chi connectivity index (χ1n) is 6.02. The Morgan fingerprint density at radius 3 is 2.78 bits per heavy atom. The Morgan fingerprint density at radius 1 is 1.39 bits per heavy atom. The summed E-state index contributed by atoms with van der Waals surface area (Å²) in [5.74, 6) is -1.75. The standard InChI is InChI=1S/C13H9Cl2N3O4S/c1-22-10(19)5-9-12(21)16-13(23-9)18-17-11(20)7-3-2-6(14)4-8(7)15/h2-5H,1H3,(H,17,20)(H,16,18,21)/b9-5+. The highest BCUT2D eigenvalue weighted by molar-refractivity contribution is 8.18. The Morgan fingerprint density at radius 2 is 2.13 bits per heavy atom. The van der Waals surface area contributed by atoms with E-state index in [1.54, 1.807) is 0 Å². The number of thioether (sulfide) groups is 1. The third kappa shape index (κ3) is 4.47. The molecule has 0 bridgehead atoms. The molecule has 120 valence electrons. The molecule has 0 spiro atoms. The minimum atomic E-state index is -0.666. The van der Waals surface area contributed by atoms with Crippen molar-refractivity contribution in [2.45, 2.75) is 0 Å². The third-order valence-corrected chi connectivity index (χ3v) is 3.99. The van der Waals surface area contributed by atoms with Gasteiger partial charge in [-0.25, -0.2) is 10.2 Å². The lowest BCUT2D eigenvalue weighted by atomic mass is 10.2. The average molecular weight is 374 g/mol. The van der Waals surface area contributed by atoms with E-state index < -0.39 is 17.8 Å². The summed E-state index contributed by atoms with van der Waals surface area (Å²) in [6, 6.07) is 4.39. The van der Waals surface area contributed by atoms with Crippen LogP contribution in [0.1, 0.15) is 10.4 Å². The second-order valence-corrected chi connectivity index (χ2v) is 5.94. The first-order valence-corrected chi connectivity index (χ1v) is 7.60. The molecule has 7 nitrogen and oxygen atoms in total. The van der Waals surface area contributed by atoms with E-state index in [0.717, 1.165) is 17.8 Å². The third-order valence-electron chi connectivity index (χ3n) is 2.54. The zero-order valence-corrected chi connectivity index (χ0v) is 13.9. The normalized spacial score (nSPS) is 17.3. The number of amidine groups is 1. The molecule has 0 aromatic heterocycles. The Hall–Kier alpha value is -2.03. The molecule has 2 rings (SSSR count). The Kier molecular flexibility index (Phi) is 5.64. The van der Waals surface area contributed by atoms with Gasteiger partial charge in [-0.05, 0) is 30.0 Å². The fourth-order valence-electron chi connectivity index (χ4n) is 1.48. The van der Waals surface area contributed by atoms with Crippen molar-refractivity contribution in [2.24, 2.45) is 5.10 Å². The number of hydrazone groups is 1. The summed E-state index contributed by atoms with van der Waals surface area (Å²) in [5.41, 5.74) is 2.43. The van der Waals surface area contributed by atoms with E-state index in [-0.39, 0.29) is 20.7 Å². The fourth-order valence-corrected chi connectivity index (χ4v) is 2.72. The van der Waals surface area contributed by atoms with Crippen molar-refractivity contribution in [1.29, 1.82) is 0 Å². The largest absolute Gasteiger partial charge is 0.466 e. The van der Waals surface area contributed by atoms with Crippen LogP contribution in [0, 0.1) is 0 Å². The molecule has 0 unspecified atom stereocenters. The number of hydrogen-bond donors (Lipinski definition) is 2. The van der Waals surface area contributed by atoms with Crippen molar-refractivity contribution in [3.05, 3.63) is 44.8 Å². The van der Waals surface area contributed by atoms with Crippen molar-refractivity contribution >= 4 is 57.9 Å². The minimum absolute atomic E-state index is 0.106. The fraction of sp³-hybridized carbons (Fsp3) is 0.0769. The summed E-state index contributed by atoms with van der Waals surface area (Å²) in [7, 11) is 1.20. The molecule has 2 N–H and O–H groups in total. The second-order valence-electron chi connectivity index (χ2n) is 4.07. The van der Waals surface area contributed by atoms with Crippen LogP contribution in [0.15, 0.2) is 34.3 Å². The maximum absolute atomic E-state index is 12.0. The molecule has 2 amide bonds. The van der Waals surface area contributed by atoms with Crippen molar-refractivity contribution in [3.63, 3.8) is 0 Å². The molecule has 1 aromatic carbocycles. The first kappa shape index (κ1) is 17.3. The number of amides is 2. The first-order chi connectivity index (χ1) is 10.9. The molecule has 1 aliphatic heterocycles. The minimum Gasteiger partial charge on any atom is -0.466 e. The number of halogens is 2. The predicted molar refractivity (Wildman–Crippen MR) is 87.2 cm³/mol. The van der Waals surface area contributed by atoms with Crippen molar-refractivity contribution < 1.29 is 19.1 Å². The van der Waals surface area contributed by atoms with E-state index in [1.165, 1.54) is 25.3 Å². The molecule has 1 aliphatic rings. The lowest BCUT2D eigenvalue weighted by Crippen LogP contribution is -2.25. The van der Waals surface area contributed by atoms with Gasteiger partial charge in [-0.15, -0.1) is 5.10 Å². The number of carbonyl (C=O) groups excluding carboxylic acids is 3. The van der Waals surface area contributed by atoms with Crippen LogP contribution in [0.25, 0.3) is 0 Å². The van der Waals surface area contributed by atoms with Crippen LogP contribution in [-0.2, 0) is 14.3 Å². The van der Waals surface area contributed by atoms with Gasteiger partial charge in [-0.3, -0.25) is 14.9 Å². The summed E-state index contributed by atoms with van der Waals surface area (Å²) in [5, 5.41) is 6.84. The summed E-state index contributed by atoms with van der Waals surface area (Å²) in [6.45, 7) is 0. The van der Waals surface area contributed by atoms with Crippen LogP contribution in [0.4, 0.5) is 0 Å². The van der Waals surface area contributed by atoms with Gasteiger partial charge in [-0.2, -0.15) is 0 Å². The average Bonchev–Trinajstić information content (AvgIpc) is 2.84. The lowest BCUT2D eigenvalue weighted by Gasteiger charge is -2.03. The van der Waals surface area contributed by atoms with Gasteiger partial charge in [0.25, 0.3) is 11.8 Å². The van der Waals surface area contributed by atoms with Crippen LogP contribution >= 0.6 is 35.0 Å². The van der Waals surface area contributed by atoms with Crippen molar-refractivity contribution in [3.8, 4) is 0 Å². The molecular weight excluding hydrogens is 365 g/mol. The number of methoxy groups -OCH3 is 1. The van der Waals surface area contributed by atoms with Crippen molar-refractivity contribution in [1.82, 2.24) is 10.7 Å². The van der Waals surface area contributed by atoms with Gasteiger partial charge in [0.1, 0.15) is 0 Å². The topological polar surface area (TPSA) is 96.9 Å². The molecule has 0 saturated carbocycles. The van der Waals surface area contributed by atoms with Gasteiger partial charge in [0.05, 0.1) is 22.6 Å². The van der Waals surface area contributed by atoms with E-state index in [1.807, 2.05) is 0 Å². The van der Waals surface area contributed by atoms with Gasteiger partial charge in [0, 0.05) is 11.1 Å². The van der Waals surface area contributed by atoms with Gasteiger partial charge in [-0.1, -0.05) is 23.2 Å². The van der Waals surface area contributed by atoms with E-state index in [9.17, 15) is 14.4 Å². The number of rotatable bonds is 3. The van der Waals surface area contributed by atoms with Crippen LogP contribution in [-0.4, -0.2) is 30.1 Å². The molecule has 23 heavy (non-hydrogen) atoms. The molecule has 1 aromatic rings. The number of esters is 1. The smallest absolute Gasteiger partial charge is 0.331 e. The Balaban J connectivity index is 2.06. The molecule has 0 aliphatic carbocycles. The highest BCUT2D eigenvalue weighted by atomic mass is 35.5. The lowest BCUT2D eigenvalue weighted by molar-refractivity contribution is -0.135. The van der Waals surface area contributed by atoms with Crippen molar-refractivity contribution in [2.75, 3.05) is 7.11 Å². The molecule has 1 fully saturated rings. The second kappa shape index (κ2) is 7.49. The molecule has 0 atom stereocenters. The number of benzene rings is 1. The summed E-state index contributed by atoms with van der Waals surface area (Å²) in [4.78, 5) is 34.8. The Labute approximate surface area is 145 Å². The van der Waals surface area contributed by atoms with E-state index in [0.29, 0.717) is 5.02 Å². The number of hydrogen-bond acceptors (Lipinski definition) is 6. The van der Waals surface area contributed by atoms with Crippen LogP contribution in [0.2, 0.25) is 10.0 Å². The van der Waals surface area contributed by atoms with E-state index in [4.69, 9.17) is 23.2 Å². The summed E-state index contributed by atoms with van der Waals surface area (Å²) in [6.07, 6.45) is 1.03. The Bertz CT molecular complexity index is 749. The van der Waals surface area contributed by atoms with Gasteiger partial charge < -0.3 is 4.74 Å². The highest BCUT2D eigenvalue weighted by Crippen LogP contribution is 2.23. The number of nitrogens with one attached hydrogen (secondary N) is 2. The van der Waals surface area contributed by atoms with E-state index in [2.05, 4.69) is 20.6 Å². The SMILES string of the molecule is COC(=O)/C=C1/S/C(=N\NC(=O)c2ccc(Cl)cc2Cl)NC1=O. The summed E-state index contributed by atoms with van der Waals surface area (Å²) < 4.78 is 4.43. The summed E-state index contributed by atoms with van der Waals surface area (Å²) >= 11 is 12.5. The van der Waals surface area contributed by atoms with Crippen LogP contribution in [0.5, 0.6) is 0 Å². The van der Waals surface area contributed by atoms with E-state index >= 15 is 0 Å². The van der Waals surface area contributed by atoms with Gasteiger partial charge in [0.15, 0.2) is 5.17 Å². The molecule has 1 heterocycles. The monoisotopic (exact) mass is 373 g/mol. The number of carbonyl (C=O) groups is 3. The molecule has 10 heteroatoms.